The second kappa shape index (κ2) is 18.7. The first-order valence-electron chi connectivity index (χ1n) is 23.8. The van der Waals surface area contributed by atoms with Gasteiger partial charge in [0, 0.05) is 97.2 Å². The zero-order valence-corrected chi connectivity index (χ0v) is 38.4. The van der Waals surface area contributed by atoms with E-state index in [9.17, 15) is 14.7 Å². The first kappa shape index (κ1) is 43.2. The number of hydrogen-bond acceptors (Lipinski definition) is 8. The number of carbonyl (C=O) groups excluding carboxylic acids is 1. The Labute approximate surface area is 399 Å². The summed E-state index contributed by atoms with van der Waals surface area (Å²) in [5.74, 6) is -1.03. The fourth-order valence-electron chi connectivity index (χ4n) is 10.1. The smallest absolute Gasteiger partial charge is 0.336 e. The van der Waals surface area contributed by atoms with Crippen LogP contribution >= 0.6 is 0 Å². The molecule has 0 radical (unpaired) electrons. The van der Waals surface area contributed by atoms with E-state index in [1.807, 2.05) is 90.1 Å². The highest BCUT2D eigenvalue weighted by molar-refractivity contribution is 6.11. The van der Waals surface area contributed by atoms with Gasteiger partial charge in [-0.15, -0.1) is 0 Å². The van der Waals surface area contributed by atoms with E-state index in [0.29, 0.717) is 16.5 Å². The number of carboxylic acids is 1. The van der Waals surface area contributed by atoms with Gasteiger partial charge < -0.3 is 20.2 Å². The largest absolute Gasteiger partial charge is 0.478 e. The lowest BCUT2D eigenvalue weighted by Crippen LogP contribution is -2.29. The first-order chi connectivity index (χ1) is 33.9. The lowest BCUT2D eigenvalue weighted by Gasteiger charge is -2.28. The Kier molecular flexibility index (Phi) is 11.7. The second-order valence-corrected chi connectivity index (χ2v) is 17.8. The van der Waals surface area contributed by atoms with E-state index in [2.05, 4.69) is 79.9 Å². The highest BCUT2D eigenvalue weighted by Gasteiger charge is 2.18. The number of rotatable bonds is 8. The van der Waals surface area contributed by atoms with Gasteiger partial charge in [-0.25, -0.2) is 23.8 Å². The number of anilines is 2. The molecule has 1 amide bonds. The third-order valence-corrected chi connectivity index (χ3v) is 13.7. The average Bonchev–Trinajstić information content (AvgIpc) is 4.05. The molecule has 0 spiro atoms. The van der Waals surface area contributed by atoms with E-state index in [1.54, 1.807) is 29.9 Å². The van der Waals surface area contributed by atoms with Crippen LogP contribution in [0.4, 0.5) is 11.4 Å². The van der Waals surface area contributed by atoms with Gasteiger partial charge in [0.1, 0.15) is 0 Å². The predicted molar refractivity (Wildman–Crippen MR) is 275 cm³/mol. The molecular weight excluding hydrogens is 859 g/mol. The fourth-order valence-corrected chi connectivity index (χ4v) is 10.1. The van der Waals surface area contributed by atoms with Gasteiger partial charge in [-0.3, -0.25) is 4.79 Å². The fraction of sp³-hybridized carbons (Fsp3) is 0.193. The van der Waals surface area contributed by atoms with Crippen LogP contribution in [0, 0.1) is 0 Å². The Balaban J connectivity index is 0.000000151. The van der Waals surface area contributed by atoms with Gasteiger partial charge in [0.2, 0.25) is 0 Å². The highest BCUT2D eigenvalue weighted by Crippen LogP contribution is 2.35. The van der Waals surface area contributed by atoms with Crippen molar-refractivity contribution in [3.63, 3.8) is 0 Å². The average molecular weight is 910 g/mol. The van der Waals surface area contributed by atoms with E-state index >= 15 is 0 Å². The van der Waals surface area contributed by atoms with Crippen LogP contribution in [-0.2, 0) is 0 Å². The van der Waals surface area contributed by atoms with Gasteiger partial charge in [0.05, 0.1) is 18.0 Å². The Bertz CT molecular complexity index is 3510. The molecule has 0 aliphatic carbocycles. The number of carbonyl (C=O) groups is 2. The summed E-state index contributed by atoms with van der Waals surface area (Å²) in [5.41, 5.74) is 13.0. The summed E-state index contributed by atoms with van der Waals surface area (Å²) in [7, 11) is 1.65. The molecule has 2 N–H and O–H groups in total. The van der Waals surface area contributed by atoms with Gasteiger partial charge in [0.25, 0.3) is 5.91 Å². The molecule has 342 valence electrons. The Morgan fingerprint density at radius 1 is 0.464 bits per heavy atom. The topological polar surface area (TPSA) is 133 Å². The minimum absolute atomic E-state index is 0.0957. The van der Waals surface area contributed by atoms with Crippen molar-refractivity contribution in [2.45, 2.75) is 38.5 Å². The van der Waals surface area contributed by atoms with Crippen LogP contribution < -0.4 is 15.1 Å². The van der Waals surface area contributed by atoms with E-state index in [1.165, 1.54) is 49.9 Å². The van der Waals surface area contributed by atoms with Gasteiger partial charge in [-0.05, 0) is 119 Å². The molecule has 2 fully saturated rings. The third kappa shape index (κ3) is 8.39. The van der Waals surface area contributed by atoms with Gasteiger partial charge in [0.15, 0.2) is 11.3 Å². The molecule has 2 saturated heterocycles. The molecular formula is C57H51N9O3. The number of fused-ring (bicyclic) bond motifs is 4. The van der Waals surface area contributed by atoms with Crippen molar-refractivity contribution < 1.29 is 14.7 Å². The zero-order valence-electron chi connectivity index (χ0n) is 38.4. The molecule has 12 nitrogen and oxygen atoms in total. The summed E-state index contributed by atoms with van der Waals surface area (Å²) in [5, 5.41) is 25.0. The molecule has 0 bridgehead atoms. The molecule has 0 saturated carbocycles. The molecule has 12 heteroatoms. The van der Waals surface area contributed by atoms with Gasteiger partial charge >= 0.3 is 5.97 Å². The van der Waals surface area contributed by atoms with Crippen molar-refractivity contribution in [1.29, 1.82) is 0 Å². The summed E-state index contributed by atoms with van der Waals surface area (Å²) >= 11 is 0. The normalized spacial score (nSPS) is 14.0. The van der Waals surface area contributed by atoms with Crippen LogP contribution in [0.1, 0.15) is 59.2 Å². The lowest BCUT2D eigenvalue weighted by atomic mass is 9.96. The molecule has 2 aliphatic rings. The number of carboxylic acid groups (broad SMARTS) is 1. The van der Waals surface area contributed by atoms with Crippen molar-refractivity contribution in [3.8, 4) is 44.5 Å². The summed E-state index contributed by atoms with van der Waals surface area (Å²) < 4.78 is 3.63. The predicted octanol–water partition coefficient (Wildman–Crippen LogP) is 11.5. The summed E-state index contributed by atoms with van der Waals surface area (Å²) in [6, 6.07) is 40.3. The van der Waals surface area contributed by atoms with E-state index < -0.39 is 5.97 Å². The van der Waals surface area contributed by atoms with Crippen LogP contribution in [-0.4, -0.2) is 79.4 Å². The first-order valence-corrected chi connectivity index (χ1v) is 23.8. The minimum Gasteiger partial charge on any atom is -0.478 e. The molecule has 0 atom stereocenters. The number of aromatic nitrogens is 6. The maximum atomic E-state index is 12.4. The van der Waals surface area contributed by atoms with E-state index in [0.717, 1.165) is 98.1 Å². The Morgan fingerprint density at radius 2 is 0.884 bits per heavy atom. The minimum atomic E-state index is -0.934. The number of amides is 1. The molecule has 6 heterocycles. The van der Waals surface area contributed by atoms with Crippen molar-refractivity contribution in [3.05, 3.63) is 170 Å². The maximum Gasteiger partial charge on any atom is 0.336 e. The SMILES string of the molecule is CNC(=O)c1cccc2c(-c3cnn4cc(-c5ccc(N6CCCCC6)cc5)cnc34)cccc12.O=C(O)c1cccc2c(-c3cnn4cc(-c5ccc(N6CCCCC6)cc5)cnc34)cccc12. The standard InChI is InChI=1S/C29H27N5O.C28H24N4O2/c1-30-29(35)26-10-6-7-23-24(26)8-5-9-25(23)27-18-32-34-19-21(17-31-28(27)34)20-11-13-22(14-12-20)33-15-3-2-4-16-33;33-28(34)25-9-5-6-22-23(25)7-4-8-24(22)26-17-30-32-18-20(16-29-27(26)32)19-10-12-21(13-11-19)31-14-2-1-3-15-31/h5-14,17-19H,2-4,15-16H2,1H3,(H,30,35);4-13,16-18H,1-3,14-15H2,(H,33,34). The summed E-state index contributed by atoms with van der Waals surface area (Å²) in [6.45, 7) is 4.54. The molecule has 10 aromatic rings. The second-order valence-electron chi connectivity index (χ2n) is 17.8. The molecule has 0 unspecified atom stereocenters. The van der Waals surface area contributed by atoms with E-state index in [-0.39, 0.29) is 5.91 Å². The number of hydrogen-bond donors (Lipinski definition) is 2. The van der Waals surface area contributed by atoms with Crippen LogP contribution in [0.5, 0.6) is 0 Å². The van der Waals surface area contributed by atoms with Crippen LogP contribution in [0.3, 0.4) is 0 Å². The quantitative estimate of drug-likeness (QED) is 0.153. The number of nitrogens with zero attached hydrogens (tertiary/aromatic N) is 8. The maximum absolute atomic E-state index is 12.4. The van der Waals surface area contributed by atoms with Gasteiger partial charge in [-0.1, -0.05) is 84.9 Å². The van der Waals surface area contributed by atoms with Crippen molar-refractivity contribution >= 4 is 56.1 Å². The number of benzene rings is 6. The number of nitrogens with one attached hydrogen (secondary N) is 1. The summed E-state index contributed by atoms with van der Waals surface area (Å²) in [6.07, 6.45) is 19.2. The van der Waals surface area contributed by atoms with Gasteiger partial charge in [-0.2, -0.15) is 10.2 Å². The molecule has 4 aromatic heterocycles. The Morgan fingerprint density at radius 3 is 1.33 bits per heavy atom. The highest BCUT2D eigenvalue weighted by atomic mass is 16.4. The van der Waals surface area contributed by atoms with Crippen LogP contribution in [0.2, 0.25) is 0 Å². The zero-order chi connectivity index (χ0) is 46.8. The number of aromatic carboxylic acids is 1. The molecule has 2 aliphatic heterocycles. The number of piperidine rings is 2. The monoisotopic (exact) mass is 909 g/mol. The molecule has 69 heavy (non-hydrogen) atoms. The van der Waals surface area contributed by atoms with Crippen molar-refractivity contribution in [1.82, 2.24) is 34.5 Å². The lowest BCUT2D eigenvalue weighted by molar-refractivity contribution is 0.0698. The van der Waals surface area contributed by atoms with Crippen molar-refractivity contribution in [2.24, 2.45) is 0 Å². The third-order valence-electron chi connectivity index (χ3n) is 13.7. The van der Waals surface area contributed by atoms with Crippen LogP contribution in [0.15, 0.2) is 159 Å². The van der Waals surface area contributed by atoms with Crippen LogP contribution in [0.25, 0.3) is 77.3 Å². The molecule has 12 rings (SSSR count). The summed E-state index contributed by atoms with van der Waals surface area (Å²) in [4.78, 5) is 38.5. The molecule has 6 aromatic carbocycles. The van der Waals surface area contributed by atoms with Crippen molar-refractivity contribution in [2.75, 3.05) is 43.0 Å². The Hall–Kier alpha value is -8.38. The van der Waals surface area contributed by atoms with E-state index in [4.69, 9.17) is 9.97 Å².